The molecule has 1 amide bonds. The van der Waals surface area contributed by atoms with Crippen LogP contribution in [0, 0.1) is 10.1 Å². The normalized spacial score (nSPS) is 11.5. The van der Waals surface area contributed by atoms with Crippen LogP contribution in [-0.2, 0) is 4.79 Å². The first-order valence-electron chi connectivity index (χ1n) is 12.3. The Bertz CT molecular complexity index is 1320. The first-order valence-corrected chi connectivity index (χ1v) is 12.3. The highest BCUT2D eigenvalue weighted by Gasteiger charge is 2.20. The van der Waals surface area contributed by atoms with E-state index in [4.69, 9.17) is 18.9 Å². The topological polar surface area (TPSA) is 139 Å². The van der Waals surface area contributed by atoms with Crippen molar-refractivity contribution in [3.63, 3.8) is 0 Å². The number of hydrogen-bond donors (Lipinski definition) is 1. The van der Waals surface area contributed by atoms with Gasteiger partial charge in [0.05, 0.1) is 29.9 Å². The summed E-state index contributed by atoms with van der Waals surface area (Å²) in [6.45, 7) is 6.16. The second-order valence-electron chi connectivity index (χ2n) is 8.12. The Morgan fingerprint density at radius 1 is 1.00 bits per heavy atom. The Hall–Kier alpha value is -4.93. The van der Waals surface area contributed by atoms with Gasteiger partial charge in [-0.1, -0.05) is 19.1 Å². The molecule has 3 aromatic rings. The first kappa shape index (κ1) is 28.6. The second-order valence-corrected chi connectivity index (χ2v) is 8.12. The molecule has 0 aromatic heterocycles. The van der Waals surface area contributed by atoms with E-state index in [1.807, 2.05) is 6.92 Å². The number of amides is 1. The van der Waals surface area contributed by atoms with Gasteiger partial charge in [0.15, 0.2) is 23.4 Å². The lowest BCUT2D eigenvalue weighted by atomic mass is 10.2. The number of esters is 1. The molecule has 0 aliphatic rings. The summed E-state index contributed by atoms with van der Waals surface area (Å²) in [6.07, 6.45) is 1.21. The molecule has 3 aromatic carbocycles. The van der Waals surface area contributed by atoms with Crippen molar-refractivity contribution in [2.45, 2.75) is 33.3 Å². The highest BCUT2D eigenvalue weighted by atomic mass is 16.6. The maximum Gasteiger partial charge on any atom is 0.343 e. The molecular formula is C28H29N3O8. The quantitative estimate of drug-likeness (QED) is 0.107. The fourth-order valence-electron chi connectivity index (χ4n) is 3.24. The molecule has 3 rings (SSSR count). The van der Waals surface area contributed by atoms with Gasteiger partial charge in [0.25, 0.3) is 5.91 Å². The predicted octanol–water partition coefficient (Wildman–Crippen LogP) is 4.92. The first-order chi connectivity index (χ1) is 18.8. The molecule has 0 radical (unpaired) electrons. The molecule has 0 heterocycles. The number of hydrazone groups is 1. The van der Waals surface area contributed by atoms with E-state index < -0.39 is 22.9 Å². The summed E-state index contributed by atoms with van der Waals surface area (Å²) in [4.78, 5) is 35.5. The van der Waals surface area contributed by atoms with Gasteiger partial charge < -0.3 is 18.9 Å². The molecule has 0 bridgehead atoms. The largest absolute Gasteiger partial charge is 0.494 e. The Balaban J connectivity index is 1.62. The SMILES string of the molecule is CCCOc1ccc(C(=O)Oc2ccc(C=NNC(=O)C(C)Oc3ccccc3[N+](=O)[O-])cc2OCC)cc1. The van der Waals surface area contributed by atoms with E-state index >= 15 is 0 Å². The number of para-hydroxylation sites is 2. The van der Waals surface area contributed by atoms with Gasteiger partial charge in [0.1, 0.15) is 5.75 Å². The van der Waals surface area contributed by atoms with Crippen molar-refractivity contribution in [3.05, 3.63) is 88.0 Å². The lowest BCUT2D eigenvalue weighted by molar-refractivity contribution is -0.386. The van der Waals surface area contributed by atoms with Gasteiger partial charge in [0.2, 0.25) is 0 Å². The van der Waals surface area contributed by atoms with Gasteiger partial charge in [-0.25, -0.2) is 10.2 Å². The minimum absolute atomic E-state index is 0.0265. The molecule has 11 heteroatoms. The summed E-state index contributed by atoms with van der Waals surface area (Å²) in [5.41, 5.74) is 3.00. The number of rotatable bonds is 13. The maximum atomic E-state index is 12.6. The van der Waals surface area contributed by atoms with E-state index in [1.54, 1.807) is 55.5 Å². The van der Waals surface area contributed by atoms with Crippen LogP contribution < -0.4 is 24.4 Å². The van der Waals surface area contributed by atoms with Gasteiger partial charge in [-0.3, -0.25) is 14.9 Å². The summed E-state index contributed by atoms with van der Waals surface area (Å²) in [6, 6.07) is 17.2. The summed E-state index contributed by atoms with van der Waals surface area (Å²) in [7, 11) is 0. The number of ether oxygens (including phenoxy) is 4. The zero-order valence-electron chi connectivity index (χ0n) is 21.8. The maximum absolute atomic E-state index is 12.6. The lowest BCUT2D eigenvalue weighted by Crippen LogP contribution is -2.33. The number of benzene rings is 3. The lowest BCUT2D eigenvalue weighted by Gasteiger charge is -2.13. The molecule has 39 heavy (non-hydrogen) atoms. The molecule has 1 N–H and O–H groups in total. The number of nitrogens with one attached hydrogen (secondary N) is 1. The Kier molecular flexibility index (Phi) is 10.4. The third-order valence-corrected chi connectivity index (χ3v) is 5.16. The van der Waals surface area contributed by atoms with Crippen LogP contribution in [0.3, 0.4) is 0 Å². The van der Waals surface area contributed by atoms with Crippen LogP contribution >= 0.6 is 0 Å². The molecule has 0 fully saturated rings. The van der Waals surface area contributed by atoms with Gasteiger partial charge >= 0.3 is 11.7 Å². The van der Waals surface area contributed by atoms with Crippen LogP contribution in [0.25, 0.3) is 0 Å². The molecule has 0 spiro atoms. The molecule has 11 nitrogen and oxygen atoms in total. The van der Waals surface area contributed by atoms with Crippen LogP contribution in [-0.4, -0.2) is 42.3 Å². The molecule has 0 aliphatic carbocycles. The number of hydrogen-bond acceptors (Lipinski definition) is 9. The van der Waals surface area contributed by atoms with Crippen LogP contribution in [0.15, 0.2) is 71.8 Å². The van der Waals surface area contributed by atoms with E-state index in [9.17, 15) is 19.7 Å². The van der Waals surface area contributed by atoms with Gasteiger partial charge in [-0.15, -0.1) is 0 Å². The zero-order chi connectivity index (χ0) is 28.2. The van der Waals surface area contributed by atoms with E-state index in [0.717, 1.165) is 6.42 Å². The molecule has 0 saturated heterocycles. The summed E-state index contributed by atoms with van der Waals surface area (Å²) >= 11 is 0. The molecule has 0 aliphatic heterocycles. The number of carbonyl (C=O) groups excluding carboxylic acids is 2. The van der Waals surface area contributed by atoms with Crippen molar-refractivity contribution in [1.29, 1.82) is 0 Å². The summed E-state index contributed by atoms with van der Waals surface area (Å²) in [5.74, 6) is 0.0196. The van der Waals surface area contributed by atoms with Crippen LogP contribution in [0.1, 0.15) is 43.1 Å². The smallest absolute Gasteiger partial charge is 0.343 e. The van der Waals surface area contributed by atoms with E-state index in [0.29, 0.717) is 35.8 Å². The Morgan fingerprint density at radius 3 is 2.44 bits per heavy atom. The van der Waals surface area contributed by atoms with Crippen molar-refractivity contribution >= 4 is 23.8 Å². The van der Waals surface area contributed by atoms with E-state index in [2.05, 4.69) is 10.5 Å². The van der Waals surface area contributed by atoms with Gasteiger partial charge in [-0.05, 0) is 74.4 Å². The average molecular weight is 536 g/mol. The van der Waals surface area contributed by atoms with Crippen molar-refractivity contribution in [2.24, 2.45) is 5.10 Å². The Labute approximate surface area is 225 Å². The van der Waals surface area contributed by atoms with Crippen molar-refractivity contribution in [3.8, 4) is 23.0 Å². The fraction of sp³-hybridized carbons (Fsp3) is 0.250. The van der Waals surface area contributed by atoms with Crippen molar-refractivity contribution < 1.29 is 33.5 Å². The molecule has 1 unspecified atom stereocenters. The Morgan fingerprint density at radius 2 is 1.74 bits per heavy atom. The molecular weight excluding hydrogens is 506 g/mol. The molecule has 0 saturated carbocycles. The number of carbonyl (C=O) groups is 2. The van der Waals surface area contributed by atoms with Gasteiger partial charge in [0, 0.05) is 6.07 Å². The highest BCUT2D eigenvalue weighted by molar-refractivity contribution is 5.92. The number of nitro benzene ring substituents is 1. The number of nitrogens with zero attached hydrogens (tertiary/aromatic N) is 2. The van der Waals surface area contributed by atoms with Crippen molar-refractivity contribution in [1.82, 2.24) is 5.43 Å². The minimum atomic E-state index is -1.05. The van der Waals surface area contributed by atoms with Gasteiger partial charge in [-0.2, -0.15) is 5.10 Å². The molecule has 1 atom stereocenters. The fourth-order valence-corrected chi connectivity index (χ4v) is 3.24. The number of nitro groups is 1. The molecule has 204 valence electrons. The second kappa shape index (κ2) is 14.1. The van der Waals surface area contributed by atoms with Crippen LogP contribution in [0.4, 0.5) is 5.69 Å². The van der Waals surface area contributed by atoms with Crippen molar-refractivity contribution in [2.75, 3.05) is 13.2 Å². The van der Waals surface area contributed by atoms with E-state index in [-0.39, 0.29) is 17.2 Å². The van der Waals surface area contributed by atoms with Crippen LogP contribution in [0.5, 0.6) is 23.0 Å². The minimum Gasteiger partial charge on any atom is -0.494 e. The van der Waals surface area contributed by atoms with Crippen LogP contribution in [0.2, 0.25) is 0 Å². The monoisotopic (exact) mass is 535 g/mol. The zero-order valence-corrected chi connectivity index (χ0v) is 21.8. The summed E-state index contributed by atoms with van der Waals surface area (Å²) in [5, 5.41) is 15.1. The van der Waals surface area contributed by atoms with E-state index in [1.165, 1.54) is 31.3 Å². The highest BCUT2D eigenvalue weighted by Crippen LogP contribution is 2.29. The predicted molar refractivity (Wildman–Crippen MR) is 144 cm³/mol. The standard InChI is InChI=1S/C28H29N3O8/c1-4-16-37-22-13-11-21(12-14-22)28(33)39-25-15-10-20(17-26(25)36-5-2)18-29-30-27(32)19(3)38-24-9-7-6-8-23(24)31(34)35/h6-15,17-19H,4-5,16H2,1-3H3,(H,30,32). The average Bonchev–Trinajstić information content (AvgIpc) is 2.93. The third-order valence-electron chi connectivity index (χ3n) is 5.16. The summed E-state index contributed by atoms with van der Waals surface area (Å²) < 4.78 is 22.1. The third kappa shape index (κ3) is 8.29.